The van der Waals surface area contributed by atoms with Crippen molar-refractivity contribution in [3.8, 4) is 17.2 Å². The Morgan fingerprint density at radius 1 is 1.40 bits per heavy atom. The van der Waals surface area contributed by atoms with E-state index in [0.29, 0.717) is 36.9 Å². The van der Waals surface area contributed by atoms with Gasteiger partial charge in [-0.15, -0.1) is 0 Å². The van der Waals surface area contributed by atoms with Crippen molar-refractivity contribution < 1.29 is 9.90 Å². The summed E-state index contributed by atoms with van der Waals surface area (Å²) in [5.41, 5.74) is 4.30. The SMILES string of the molecule is C=Cc1cc(-c2cc(C#N)c(N3CCN(C(=O)CO)[C@H](C)C3)nc2C2CC2)ccn1. The normalized spacial score (nSPS) is 18.8. The van der Waals surface area contributed by atoms with Gasteiger partial charge in [-0.1, -0.05) is 6.58 Å². The first-order chi connectivity index (χ1) is 14.5. The first kappa shape index (κ1) is 20.0. The second-order valence-corrected chi connectivity index (χ2v) is 7.89. The molecule has 0 aromatic carbocycles. The van der Waals surface area contributed by atoms with Crippen molar-refractivity contribution in [2.75, 3.05) is 31.1 Å². The van der Waals surface area contributed by atoms with Gasteiger partial charge in [0.2, 0.25) is 5.91 Å². The van der Waals surface area contributed by atoms with E-state index < -0.39 is 6.61 Å². The van der Waals surface area contributed by atoms with Gasteiger partial charge in [-0.3, -0.25) is 9.78 Å². The van der Waals surface area contributed by atoms with Gasteiger partial charge in [-0.05, 0) is 49.6 Å². The summed E-state index contributed by atoms with van der Waals surface area (Å²) < 4.78 is 0. The molecule has 2 aromatic rings. The van der Waals surface area contributed by atoms with E-state index in [-0.39, 0.29) is 11.9 Å². The molecule has 1 aliphatic carbocycles. The van der Waals surface area contributed by atoms with Crippen LogP contribution in [-0.4, -0.2) is 58.2 Å². The average Bonchev–Trinajstić information content (AvgIpc) is 3.63. The molecule has 1 N–H and O–H groups in total. The van der Waals surface area contributed by atoms with E-state index >= 15 is 0 Å². The van der Waals surface area contributed by atoms with E-state index in [9.17, 15) is 15.2 Å². The summed E-state index contributed by atoms with van der Waals surface area (Å²) in [6, 6.07) is 8.11. The van der Waals surface area contributed by atoms with Crippen LogP contribution < -0.4 is 4.90 Å². The van der Waals surface area contributed by atoms with Crippen LogP contribution >= 0.6 is 0 Å². The monoisotopic (exact) mass is 403 g/mol. The minimum Gasteiger partial charge on any atom is -0.387 e. The van der Waals surface area contributed by atoms with Gasteiger partial charge in [0.1, 0.15) is 18.5 Å². The number of rotatable bonds is 5. The molecular formula is C23H25N5O2. The molecule has 0 spiro atoms. The molecule has 7 heteroatoms. The maximum absolute atomic E-state index is 11.9. The number of piperazine rings is 1. The Morgan fingerprint density at radius 3 is 2.83 bits per heavy atom. The van der Waals surface area contributed by atoms with Gasteiger partial charge in [-0.2, -0.15) is 5.26 Å². The Kier molecular flexibility index (Phi) is 5.51. The second-order valence-electron chi connectivity index (χ2n) is 7.89. The number of aliphatic hydroxyl groups excluding tert-OH is 1. The van der Waals surface area contributed by atoms with Crippen LogP contribution in [0.5, 0.6) is 0 Å². The van der Waals surface area contributed by atoms with E-state index in [1.165, 1.54) is 0 Å². The third-order valence-corrected chi connectivity index (χ3v) is 5.80. The standard InChI is InChI=1S/C23H25N5O2/c1-3-19-10-17(6-7-25-19)20-11-18(12-24)23(26-22(20)16-4-5-16)27-8-9-28(15(2)13-27)21(30)14-29/h3,6-7,10-11,15-16,29H,1,4-5,8-9,13-14H2,2H3/t15-/m1/s1. The maximum atomic E-state index is 11.9. The van der Waals surface area contributed by atoms with Crippen molar-refractivity contribution in [1.29, 1.82) is 5.26 Å². The molecule has 1 saturated carbocycles. The zero-order chi connectivity index (χ0) is 21.3. The molecule has 2 aromatic heterocycles. The lowest BCUT2D eigenvalue weighted by Gasteiger charge is -2.40. The first-order valence-electron chi connectivity index (χ1n) is 10.2. The van der Waals surface area contributed by atoms with Gasteiger partial charge in [0.25, 0.3) is 0 Å². The van der Waals surface area contributed by atoms with Crippen molar-refractivity contribution in [2.24, 2.45) is 0 Å². The number of nitriles is 1. The van der Waals surface area contributed by atoms with Crippen LogP contribution in [-0.2, 0) is 4.79 Å². The van der Waals surface area contributed by atoms with Gasteiger partial charge in [0.05, 0.1) is 17.0 Å². The fraction of sp³-hybridized carbons (Fsp3) is 0.391. The summed E-state index contributed by atoms with van der Waals surface area (Å²) in [6.07, 6.45) is 5.66. The Morgan fingerprint density at radius 2 is 2.20 bits per heavy atom. The fourth-order valence-corrected chi connectivity index (χ4v) is 4.08. The molecule has 0 radical (unpaired) electrons. The van der Waals surface area contributed by atoms with Crippen molar-refractivity contribution in [2.45, 2.75) is 31.7 Å². The molecule has 3 heterocycles. The molecule has 30 heavy (non-hydrogen) atoms. The Hall–Kier alpha value is -3.24. The van der Waals surface area contributed by atoms with Crippen LogP contribution in [0.15, 0.2) is 31.0 Å². The molecule has 1 saturated heterocycles. The number of amides is 1. The number of aliphatic hydroxyl groups is 1. The van der Waals surface area contributed by atoms with Crippen molar-refractivity contribution >= 4 is 17.8 Å². The van der Waals surface area contributed by atoms with Gasteiger partial charge < -0.3 is 14.9 Å². The maximum Gasteiger partial charge on any atom is 0.248 e. The lowest BCUT2D eigenvalue weighted by Crippen LogP contribution is -2.55. The largest absolute Gasteiger partial charge is 0.387 e. The third kappa shape index (κ3) is 3.79. The molecule has 0 unspecified atom stereocenters. The molecule has 154 valence electrons. The minimum absolute atomic E-state index is 0.0638. The number of pyridine rings is 2. The number of carbonyl (C=O) groups is 1. The number of nitrogens with zero attached hydrogens (tertiary/aromatic N) is 5. The van der Waals surface area contributed by atoms with Crippen LogP contribution in [0.25, 0.3) is 17.2 Å². The molecule has 4 rings (SSSR count). The highest BCUT2D eigenvalue weighted by Gasteiger charge is 2.33. The predicted molar refractivity (Wildman–Crippen MR) is 115 cm³/mol. The van der Waals surface area contributed by atoms with Crippen molar-refractivity contribution in [3.63, 3.8) is 0 Å². The Labute approximate surface area is 176 Å². The first-order valence-corrected chi connectivity index (χ1v) is 10.2. The summed E-state index contributed by atoms with van der Waals surface area (Å²) in [6.45, 7) is 6.93. The lowest BCUT2D eigenvalue weighted by atomic mass is 9.99. The van der Waals surface area contributed by atoms with Crippen LogP contribution in [0.4, 0.5) is 5.82 Å². The van der Waals surface area contributed by atoms with E-state index in [1.54, 1.807) is 17.2 Å². The molecule has 2 fully saturated rings. The number of hydrogen-bond acceptors (Lipinski definition) is 6. The number of anilines is 1. The lowest BCUT2D eigenvalue weighted by molar-refractivity contribution is -0.136. The summed E-state index contributed by atoms with van der Waals surface area (Å²) in [7, 11) is 0. The van der Waals surface area contributed by atoms with Gasteiger partial charge in [-0.25, -0.2) is 4.98 Å². The van der Waals surface area contributed by atoms with Crippen LogP contribution in [0.2, 0.25) is 0 Å². The number of carbonyl (C=O) groups excluding carboxylic acids is 1. The molecule has 1 amide bonds. The number of aromatic nitrogens is 2. The van der Waals surface area contributed by atoms with Crippen molar-refractivity contribution in [1.82, 2.24) is 14.9 Å². The Balaban J connectivity index is 1.72. The highest BCUT2D eigenvalue weighted by Crippen LogP contribution is 2.45. The topological polar surface area (TPSA) is 93.4 Å². The van der Waals surface area contributed by atoms with Gasteiger partial charge in [0, 0.05) is 43.4 Å². The molecule has 0 bridgehead atoms. The van der Waals surface area contributed by atoms with E-state index in [4.69, 9.17) is 4.98 Å². The van der Waals surface area contributed by atoms with E-state index in [2.05, 4.69) is 22.5 Å². The molecule has 1 aliphatic heterocycles. The van der Waals surface area contributed by atoms with E-state index in [0.717, 1.165) is 35.4 Å². The highest BCUT2D eigenvalue weighted by molar-refractivity contribution is 5.78. The second kappa shape index (κ2) is 8.25. The summed E-state index contributed by atoms with van der Waals surface area (Å²) in [5, 5.41) is 19.0. The zero-order valence-electron chi connectivity index (χ0n) is 17.1. The van der Waals surface area contributed by atoms with Gasteiger partial charge in [0.15, 0.2) is 0 Å². The smallest absolute Gasteiger partial charge is 0.248 e. The van der Waals surface area contributed by atoms with Gasteiger partial charge >= 0.3 is 0 Å². The molecule has 2 aliphatic rings. The Bertz CT molecular complexity index is 1020. The highest BCUT2D eigenvalue weighted by atomic mass is 16.3. The summed E-state index contributed by atoms with van der Waals surface area (Å²) in [5.74, 6) is 0.825. The summed E-state index contributed by atoms with van der Waals surface area (Å²) >= 11 is 0. The zero-order valence-corrected chi connectivity index (χ0v) is 17.1. The van der Waals surface area contributed by atoms with Crippen molar-refractivity contribution in [3.05, 3.63) is 47.9 Å². The summed E-state index contributed by atoms with van der Waals surface area (Å²) in [4.78, 5) is 25.0. The van der Waals surface area contributed by atoms with Crippen LogP contribution in [0, 0.1) is 11.3 Å². The van der Waals surface area contributed by atoms with Crippen LogP contribution in [0.3, 0.4) is 0 Å². The quantitative estimate of drug-likeness (QED) is 0.825. The minimum atomic E-state index is -0.481. The molecule has 1 atom stereocenters. The molecular weight excluding hydrogens is 378 g/mol. The average molecular weight is 403 g/mol. The third-order valence-electron chi connectivity index (χ3n) is 5.80. The predicted octanol–water partition coefficient (Wildman–Crippen LogP) is 2.57. The van der Waals surface area contributed by atoms with E-state index in [1.807, 2.05) is 25.1 Å². The fourth-order valence-electron chi connectivity index (χ4n) is 4.08. The van der Waals surface area contributed by atoms with Crippen LogP contribution in [0.1, 0.15) is 42.6 Å². The number of hydrogen-bond donors (Lipinski definition) is 1. The molecule has 7 nitrogen and oxygen atoms in total.